The van der Waals surface area contributed by atoms with Crippen molar-refractivity contribution in [2.24, 2.45) is 0 Å². The Bertz CT molecular complexity index is 612. The van der Waals surface area contributed by atoms with Gasteiger partial charge in [0, 0.05) is 24.5 Å². The highest BCUT2D eigenvalue weighted by molar-refractivity contribution is 6.19. The number of hydrogen-bond acceptors (Lipinski definition) is 2. The van der Waals surface area contributed by atoms with Crippen molar-refractivity contribution in [3.8, 4) is 0 Å². The van der Waals surface area contributed by atoms with Gasteiger partial charge in [0.15, 0.2) is 5.78 Å². The van der Waals surface area contributed by atoms with E-state index in [0.29, 0.717) is 5.57 Å². The molecule has 0 aliphatic heterocycles. The zero-order valence-electron chi connectivity index (χ0n) is 12.1. The monoisotopic (exact) mass is 265 g/mol. The van der Waals surface area contributed by atoms with Gasteiger partial charge in [-0.2, -0.15) is 0 Å². The second-order valence-electron chi connectivity index (χ2n) is 4.91. The highest BCUT2D eigenvalue weighted by Crippen LogP contribution is 2.20. The molecule has 0 unspecified atom stereocenters. The van der Waals surface area contributed by atoms with Crippen LogP contribution in [-0.2, 0) is 4.79 Å². The van der Waals surface area contributed by atoms with E-state index >= 15 is 0 Å². The number of allylic oxidation sites excluding steroid dienone is 1. The number of aryl methyl sites for hydroxylation is 1. The van der Waals surface area contributed by atoms with Crippen molar-refractivity contribution in [3.63, 3.8) is 0 Å². The number of carbonyl (C=O) groups is 1. The Morgan fingerprint density at radius 2 is 1.60 bits per heavy atom. The van der Waals surface area contributed by atoms with Gasteiger partial charge in [0.05, 0.1) is 0 Å². The molecule has 2 aromatic carbocycles. The fraction of sp³-hybridized carbons (Fsp3) is 0.167. The molecule has 0 amide bonds. The molecule has 0 radical (unpaired) electrons. The van der Waals surface area contributed by atoms with Crippen molar-refractivity contribution in [1.82, 2.24) is 0 Å². The molecule has 102 valence electrons. The highest BCUT2D eigenvalue weighted by Gasteiger charge is 2.08. The summed E-state index contributed by atoms with van der Waals surface area (Å²) in [7, 11) is 1.95. The molecule has 0 aliphatic carbocycles. The van der Waals surface area contributed by atoms with Gasteiger partial charge in [-0.1, -0.05) is 48.0 Å². The normalized spacial score (nSPS) is 11.2. The van der Waals surface area contributed by atoms with E-state index in [0.717, 1.165) is 11.3 Å². The Kier molecular flexibility index (Phi) is 4.36. The lowest BCUT2D eigenvalue weighted by Gasteiger charge is -2.16. The van der Waals surface area contributed by atoms with Crippen molar-refractivity contribution in [1.29, 1.82) is 0 Å². The maximum atomic E-state index is 11.9. The number of benzene rings is 2. The minimum Gasteiger partial charge on any atom is -0.350 e. The molecule has 0 aliphatic rings. The fourth-order valence-electron chi connectivity index (χ4n) is 2.03. The summed E-state index contributed by atoms with van der Waals surface area (Å²) in [4.78, 5) is 13.8. The number of anilines is 1. The summed E-state index contributed by atoms with van der Waals surface area (Å²) in [5.41, 5.74) is 3.94. The zero-order valence-corrected chi connectivity index (χ0v) is 12.1. The van der Waals surface area contributed by atoms with Crippen LogP contribution in [0.1, 0.15) is 18.1 Å². The van der Waals surface area contributed by atoms with Crippen molar-refractivity contribution < 1.29 is 4.79 Å². The lowest BCUT2D eigenvalue weighted by molar-refractivity contribution is -0.111. The predicted molar refractivity (Wildman–Crippen MR) is 84.7 cm³/mol. The van der Waals surface area contributed by atoms with Crippen molar-refractivity contribution in [2.45, 2.75) is 13.8 Å². The molecular weight excluding hydrogens is 246 g/mol. The Labute approximate surface area is 120 Å². The van der Waals surface area contributed by atoms with E-state index in [1.165, 1.54) is 5.56 Å². The Balaban J connectivity index is 2.34. The summed E-state index contributed by atoms with van der Waals surface area (Å²) in [6.07, 6.45) is 1.89. The van der Waals surface area contributed by atoms with Crippen LogP contribution in [0.2, 0.25) is 0 Å². The third-order valence-corrected chi connectivity index (χ3v) is 3.23. The molecule has 0 saturated carbocycles. The zero-order chi connectivity index (χ0) is 14.5. The maximum Gasteiger partial charge on any atom is 0.161 e. The van der Waals surface area contributed by atoms with E-state index in [2.05, 4.69) is 31.2 Å². The highest BCUT2D eigenvalue weighted by atomic mass is 16.1. The predicted octanol–water partition coefficient (Wildman–Crippen LogP) is 4.06. The Morgan fingerprint density at radius 1 is 1.00 bits per heavy atom. The molecule has 0 fully saturated rings. The fourth-order valence-corrected chi connectivity index (χ4v) is 2.03. The molecule has 0 aromatic heterocycles. The first-order chi connectivity index (χ1) is 9.58. The largest absolute Gasteiger partial charge is 0.350 e. The molecule has 0 N–H and O–H groups in total. The standard InChI is InChI=1S/C18H19NO/c1-14-9-11-17(12-10-14)19(3)13-18(15(2)20)16-7-5-4-6-8-16/h4-13H,1-3H3/b18-13+. The van der Waals surface area contributed by atoms with Crippen molar-refractivity contribution in [2.75, 3.05) is 11.9 Å². The van der Waals surface area contributed by atoms with Gasteiger partial charge in [-0.05, 0) is 31.5 Å². The lowest BCUT2D eigenvalue weighted by Crippen LogP contribution is -2.11. The summed E-state index contributed by atoms with van der Waals surface area (Å²) in [6, 6.07) is 18.0. The number of Topliss-reactive ketones (excluding diaryl/α,β-unsaturated/α-hetero) is 1. The third kappa shape index (κ3) is 3.35. The van der Waals surface area contributed by atoms with Gasteiger partial charge in [-0.3, -0.25) is 4.79 Å². The van der Waals surface area contributed by atoms with E-state index in [1.807, 2.05) is 48.5 Å². The SMILES string of the molecule is CC(=O)/C(=C\N(C)c1ccc(C)cc1)c1ccccc1. The minimum atomic E-state index is 0.0650. The van der Waals surface area contributed by atoms with Gasteiger partial charge >= 0.3 is 0 Å². The second kappa shape index (κ2) is 6.20. The van der Waals surface area contributed by atoms with Crippen LogP contribution >= 0.6 is 0 Å². The summed E-state index contributed by atoms with van der Waals surface area (Å²) < 4.78 is 0. The quantitative estimate of drug-likeness (QED) is 0.777. The van der Waals surface area contributed by atoms with E-state index in [4.69, 9.17) is 0 Å². The first-order valence-corrected chi connectivity index (χ1v) is 6.65. The number of hydrogen-bond donors (Lipinski definition) is 0. The molecule has 2 nitrogen and oxygen atoms in total. The Morgan fingerprint density at radius 3 is 2.15 bits per heavy atom. The van der Waals surface area contributed by atoms with Crippen molar-refractivity contribution in [3.05, 3.63) is 71.9 Å². The number of rotatable bonds is 4. The molecule has 0 saturated heterocycles. The first-order valence-electron chi connectivity index (χ1n) is 6.65. The summed E-state index contributed by atoms with van der Waals surface area (Å²) in [6.45, 7) is 3.66. The van der Waals surface area contributed by atoms with Crippen LogP contribution in [0.5, 0.6) is 0 Å². The number of ketones is 1. The van der Waals surface area contributed by atoms with Gasteiger partial charge in [0.25, 0.3) is 0 Å². The molecule has 2 aromatic rings. The van der Waals surface area contributed by atoms with Gasteiger partial charge < -0.3 is 4.90 Å². The number of carbonyl (C=O) groups excluding carboxylic acids is 1. The average Bonchev–Trinajstić information content (AvgIpc) is 2.46. The molecule has 2 rings (SSSR count). The van der Waals surface area contributed by atoms with E-state index in [9.17, 15) is 4.79 Å². The topological polar surface area (TPSA) is 20.3 Å². The second-order valence-corrected chi connectivity index (χ2v) is 4.91. The summed E-state index contributed by atoms with van der Waals surface area (Å²) in [5.74, 6) is 0.0650. The van der Waals surface area contributed by atoms with Gasteiger partial charge in [0.2, 0.25) is 0 Å². The third-order valence-electron chi connectivity index (χ3n) is 3.23. The summed E-state index contributed by atoms with van der Waals surface area (Å²) in [5, 5.41) is 0. The minimum absolute atomic E-state index is 0.0650. The smallest absolute Gasteiger partial charge is 0.161 e. The molecule has 0 atom stereocenters. The van der Waals surface area contributed by atoms with E-state index in [-0.39, 0.29) is 5.78 Å². The van der Waals surface area contributed by atoms with Crippen molar-refractivity contribution >= 4 is 17.0 Å². The molecule has 0 bridgehead atoms. The molecule has 0 heterocycles. The van der Waals surface area contributed by atoms with Crippen LogP contribution in [0, 0.1) is 6.92 Å². The Hall–Kier alpha value is -2.35. The maximum absolute atomic E-state index is 11.9. The van der Waals surface area contributed by atoms with E-state index in [1.54, 1.807) is 6.92 Å². The molecule has 0 spiro atoms. The average molecular weight is 265 g/mol. The number of nitrogens with zero attached hydrogens (tertiary/aromatic N) is 1. The van der Waals surface area contributed by atoms with E-state index < -0.39 is 0 Å². The van der Waals surface area contributed by atoms with Crippen LogP contribution in [0.4, 0.5) is 5.69 Å². The first kappa shape index (κ1) is 14.1. The van der Waals surface area contributed by atoms with Gasteiger partial charge in [-0.25, -0.2) is 0 Å². The van der Waals surface area contributed by atoms with Crippen LogP contribution in [-0.4, -0.2) is 12.8 Å². The molecule has 2 heteroatoms. The van der Waals surface area contributed by atoms with Gasteiger partial charge in [0.1, 0.15) is 0 Å². The van der Waals surface area contributed by atoms with Gasteiger partial charge in [-0.15, -0.1) is 0 Å². The van der Waals surface area contributed by atoms with Crippen LogP contribution in [0.15, 0.2) is 60.8 Å². The summed E-state index contributed by atoms with van der Waals surface area (Å²) >= 11 is 0. The molecular formula is C18H19NO. The lowest BCUT2D eigenvalue weighted by atomic mass is 10.0. The van der Waals surface area contributed by atoms with Crippen LogP contribution < -0.4 is 4.90 Å². The van der Waals surface area contributed by atoms with Crippen LogP contribution in [0.25, 0.3) is 5.57 Å². The van der Waals surface area contributed by atoms with Crippen LogP contribution in [0.3, 0.4) is 0 Å². The molecule has 20 heavy (non-hydrogen) atoms.